The van der Waals surface area contributed by atoms with E-state index in [0.29, 0.717) is 22.5 Å². The molecule has 0 aliphatic rings. The van der Waals surface area contributed by atoms with Crippen molar-refractivity contribution in [3.05, 3.63) is 80.7 Å². The van der Waals surface area contributed by atoms with Crippen molar-refractivity contribution in [1.82, 2.24) is 4.57 Å². The Bertz CT molecular complexity index is 1240. The van der Waals surface area contributed by atoms with Crippen LogP contribution in [0.25, 0.3) is 10.2 Å². The second-order valence-electron chi connectivity index (χ2n) is 6.36. The summed E-state index contributed by atoms with van der Waals surface area (Å²) in [6, 6.07) is 9.37. The number of hydrogen-bond donors (Lipinski definition) is 0. The Kier molecular flexibility index (Phi) is 6.22. The van der Waals surface area contributed by atoms with Crippen LogP contribution in [0.5, 0.6) is 0 Å². The first-order chi connectivity index (χ1) is 14.3. The number of nitro benzene ring substituents is 1. The van der Waals surface area contributed by atoms with Crippen LogP contribution in [0.4, 0.5) is 5.69 Å². The van der Waals surface area contributed by atoms with Gasteiger partial charge in [0.1, 0.15) is 0 Å². The average molecular weight is 425 g/mol. The molecule has 0 aliphatic carbocycles. The lowest BCUT2D eigenvalue weighted by Gasteiger charge is -2.03. The van der Waals surface area contributed by atoms with Crippen LogP contribution in [0.3, 0.4) is 0 Å². The molecule has 1 amide bonds. The fraction of sp³-hybridized carbons (Fsp3) is 0.190. The average Bonchev–Trinajstić information content (AvgIpc) is 3.04. The van der Waals surface area contributed by atoms with Crippen LogP contribution in [-0.2, 0) is 11.3 Å². The molecular formula is C21H19N3O5S. The van der Waals surface area contributed by atoms with Crippen molar-refractivity contribution in [3.63, 3.8) is 0 Å². The van der Waals surface area contributed by atoms with Gasteiger partial charge in [0, 0.05) is 23.7 Å². The van der Waals surface area contributed by atoms with Crippen LogP contribution < -0.4 is 4.80 Å². The topological polar surface area (TPSA) is 104 Å². The predicted molar refractivity (Wildman–Crippen MR) is 114 cm³/mol. The number of rotatable bonds is 6. The minimum atomic E-state index is -0.590. The molecule has 0 N–H and O–H groups in total. The molecule has 3 rings (SSSR count). The molecule has 0 spiro atoms. The number of nitro groups is 1. The maximum absolute atomic E-state index is 12.7. The maximum Gasteiger partial charge on any atom is 0.338 e. The van der Waals surface area contributed by atoms with Gasteiger partial charge in [-0.1, -0.05) is 23.5 Å². The molecule has 9 heteroatoms. The summed E-state index contributed by atoms with van der Waals surface area (Å²) >= 11 is 1.24. The molecule has 0 bridgehead atoms. The Morgan fingerprint density at radius 3 is 2.67 bits per heavy atom. The first kappa shape index (κ1) is 21.1. The highest BCUT2D eigenvalue weighted by Gasteiger charge is 2.16. The lowest BCUT2D eigenvalue weighted by Crippen LogP contribution is -2.16. The summed E-state index contributed by atoms with van der Waals surface area (Å²) in [4.78, 5) is 39.9. The van der Waals surface area contributed by atoms with Gasteiger partial charge in [-0.15, -0.1) is 6.58 Å². The van der Waals surface area contributed by atoms with Gasteiger partial charge in [-0.05, 0) is 38.1 Å². The monoisotopic (exact) mass is 425 g/mol. The van der Waals surface area contributed by atoms with Crippen molar-refractivity contribution in [2.75, 3.05) is 6.61 Å². The van der Waals surface area contributed by atoms with Crippen LogP contribution in [-0.4, -0.2) is 28.0 Å². The molecule has 30 heavy (non-hydrogen) atoms. The van der Waals surface area contributed by atoms with Crippen LogP contribution in [0.1, 0.15) is 33.2 Å². The van der Waals surface area contributed by atoms with Crippen LogP contribution in [0.2, 0.25) is 0 Å². The number of allylic oxidation sites excluding steroid dienone is 1. The lowest BCUT2D eigenvalue weighted by molar-refractivity contribution is -0.385. The number of carbonyl (C=O) groups is 2. The number of fused-ring (bicyclic) bond motifs is 1. The number of aromatic nitrogens is 1. The van der Waals surface area contributed by atoms with Crippen molar-refractivity contribution < 1.29 is 19.2 Å². The highest BCUT2D eigenvalue weighted by atomic mass is 32.1. The molecule has 3 aromatic rings. The van der Waals surface area contributed by atoms with Crippen molar-refractivity contribution in [1.29, 1.82) is 0 Å². The minimum Gasteiger partial charge on any atom is -0.462 e. The minimum absolute atomic E-state index is 0.127. The smallest absolute Gasteiger partial charge is 0.338 e. The van der Waals surface area contributed by atoms with E-state index in [1.807, 2.05) is 0 Å². The Hall–Kier alpha value is -3.59. The predicted octanol–water partition coefficient (Wildman–Crippen LogP) is 4.02. The van der Waals surface area contributed by atoms with E-state index in [4.69, 9.17) is 4.74 Å². The SMILES string of the molecule is C=CCn1c(=NC(=O)c2ccc(C)c([N+](=O)[O-])c2)sc2cc(C(=O)OCC)ccc21. The quantitative estimate of drug-likeness (QED) is 0.257. The van der Waals surface area contributed by atoms with Gasteiger partial charge < -0.3 is 9.30 Å². The molecule has 0 radical (unpaired) electrons. The lowest BCUT2D eigenvalue weighted by atomic mass is 10.1. The summed E-state index contributed by atoms with van der Waals surface area (Å²) in [6.07, 6.45) is 1.67. The number of aryl methyl sites for hydroxylation is 1. The molecular weight excluding hydrogens is 406 g/mol. The molecule has 0 saturated heterocycles. The van der Waals surface area contributed by atoms with Gasteiger partial charge in [-0.3, -0.25) is 14.9 Å². The first-order valence-electron chi connectivity index (χ1n) is 9.11. The zero-order valence-electron chi connectivity index (χ0n) is 16.5. The summed E-state index contributed by atoms with van der Waals surface area (Å²) < 4.78 is 7.58. The number of nitrogens with zero attached hydrogens (tertiary/aromatic N) is 3. The summed E-state index contributed by atoms with van der Waals surface area (Å²) in [6.45, 7) is 7.75. The van der Waals surface area contributed by atoms with E-state index < -0.39 is 16.8 Å². The van der Waals surface area contributed by atoms with Gasteiger partial charge >= 0.3 is 5.97 Å². The zero-order chi connectivity index (χ0) is 21.8. The van der Waals surface area contributed by atoms with Crippen LogP contribution in [0.15, 0.2) is 54.0 Å². The van der Waals surface area contributed by atoms with Crippen molar-refractivity contribution in [2.45, 2.75) is 20.4 Å². The van der Waals surface area contributed by atoms with Crippen LogP contribution in [0, 0.1) is 17.0 Å². The molecule has 0 aliphatic heterocycles. The summed E-state index contributed by atoms with van der Waals surface area (Å²) in [5, 5.41) is 11.2. The number of benzene rings is 2. The molecule has 8 nitrogen and oxygen atoms in total. The third-order valence-corrected chi connectivity index (χ3v) is 5.40. The van der Waals surface area contributed by atoms with E-state index >= 15 is 0 Å². The number of amides is 1. The molecule has 0 unspecified atom stereocenters. The summed E-state index contributed by atoms with van der Waals surface area (Å²) in [7, 11) is 0. The number of hydrogen-bond acceptors (Lipinski definition) is 6. The van der Waals surface area contributed by atoms with E-state index in [0.717, 1.165) is 10.2 Å². The first-order valence-corrected chi connectivity index (χ1v) is 9.92. The second kappa shape index (κ2) is 8.83. The van der Waals surface area contributed by atoms with Gasteiger partial charge in [0.25, 0.3) is 11.6 Å². The molecule has 154 valence electrons. The Labute approximate surface area is 175 Å². The van der Waals surface area contributed by atoms with Gasteiger partial charge in [-0.2, -0.15) is 4.99 Å². The molecule has 1 heterocycles. The normalized spacial score (nSPS) is 11.5. The number of esters is 1. The number of carbonyl (C=O) groups excluding carboxylic acids is 2. The fourth-order valence-corrected chi connectivity index (χ4v) is 3.97. The Morgan fingerprint density at radius 1 is 1.27 bits per heavy atom. The summed E-state index contributed by atoms with van der Waals surface area (Å²) in [5.74, 6) is -1.02. The highest BCUT2D eigenvalue weighted by molar-refractivity contribution is 7.16. The summed E-state index contributed by atoms with van der Waals surface area (Å²) in [5.41, 5.74) is 1.65. The number of ether oxygens (including phenoxy) is 1. The van der Waals surface area contributed by atoms with Crippen LogP contribution >= 0.6 is 11.3 Å². The number of thiazole rings is 1. The molecule has 0 saturated carbocycles. The van der Waals surface area contributed by atoms with Gasteiger partial charge in [0.2, 0.25) is 0 Å². The highest BCUT2D eigenvalue weighted by Crippen LogP contribution is 2.22. The molecule has 0 fully saturated rings. The van der Waals surface area contributed by atoms with E-state index in [2.05, 4.69) is 11.6 Å². The van der Waals surface area contributed by atoms with Gasteiger partial charge in [0.05, 0.1) is 27.3 Å². The van der Waals surface area contributed by atoms with Gasteiger partial charge in [-0.25, -0.2) is 4.79 Å². The maximum atomic E-state index is 12.7. The zero-order valence-corrected chi connectivity index (χ0v) is 17.3. The fourth-order valence-electron chi connectivity index (χ4n) is 2.90. The van der Waals surface area contributed by atoms with Gasteiger partial charge in [0.15, 0.2) is 4.80 Å². The third-order valence-electron chi connectivity index (χ3n) is 4.36. The Balaban J connectivity index is 2.10. The molecule has 2 aromatic carbocycles. The van der Waals surface area contributed by atoms with E-state index in [1.54, 1.807) is 42.7 Å². The van der Waals surface area contributed by atoms with Crippen molar-refractivity contribution >= 4 is 39.1 Å². The standard InChI is InChI=1S/C21H19N3O5S/c1-4-10-23-16-9-8-15(20(26)29-5-2)12-18(16)30-21(23)22-19(25)14-7-6-13(3)17(11-14)24(27)28/h4,6-9,11-12H,1,5,10H2,2-3H3. The molecule has 0 atom stereocenters. The van der Waals surface area contributed by atoms with Crippen molar-refractivity contribution in [2.24, 2.45) is 4.99 Å². The second-order valence-corrected chi connectivity index (χ2v) is 7.37. The largest absolute Gasteiger partial charge is 0.462 e. The molecule has 1 aromatic heterocycles. The van der Waals surface area contributed by atoms with E-state index in [-0.39, 0.29) is 17.9 Å². The Morgan fingerprint density at radius 2 is 2.00 bits per heavy atom. The third kappa shape index (κ3) is 4.20. The van der Waals surface area contributed by atoms with E-state index in [1.165, 1.54) is 29.5 Å². The van der Waals surface area contributed by atoms with Crippen molar-refractivity contribution in [3.8, 4) is 0 Å². The van der Waals surface area contributed by atoms with E-state index in [9.17, 15) is 19.7 Å².